The molecule has 0 unspecified atom stereocenters. The summed E-state index contributed by atoms with van der Waals surface area (Å²) in [5.74, 6) is 3.76. The molecule has 0 radical (unpaired) electrons. The van der Waals surface area contributed by atoms with Crippen LogP contribution in [-0.4, -0.2) is 47.6 Å². The van der Waals surface area contributed by atoms with E-state index in [0.717, 1.165) is 27.7 Å². The van der Waals surface area contributed by atoms with Gasteiger partial charge in [0.2, 0.25) is 0 Å². The Morgan fingerprint density at radius 1 is 1.26 bits per heavy atom. The Morgan fingerprint density at radius 2 is 2.00 bits per heavy atom. The first-order valence-electron chi connectivity index (χ1n) is 11.5. The third kappa shape index (κ3) is 8.01. The Balaban J connectivity index is 1.78. The summed E-state index contributed by atoms with van der Waals surface area (Å²) in [5.41, 5.74) is 6.27. The van der Waals surface area contributed by atoms with Gasteiger partial charge in [0.25, 0.3) is 0 Å². The molecule has 1 aromatic carbocycles. The second-order valence-corrected chi connectivity index (χ2v) is 15.6. The lowest BCUT2D eigenvalue weighted by atomic mass is 10.0. The molecule has 1 amide bonds. The van der Waals surface area contributed by atoms with E-state index in [-0.39, 0.29) is 12.6 Å². The molecular weight excluding hydrogens is 480 g/mol. The minimum absolute atomic E-state index is 0.211. The van der Waals surface area contributed by atoms with Gasteiger partial charge in [-0.2, -0.15) is 5.10 Å². The number of aryl methyl sites for hydroxylation is 1. The second-order valence-electron chi connectivity index (χ2n) is 10.5. The number of aromatic amines is 1. The third-order valence-electron chi connectivity index (χ3n) is 4.86. The minimum Gasteiger partial charge on any atom is -0.490 e. The molecule has 35 heavy (non-hydrogen) atoms. The number of carbonyl (C=O) groups excluding carboxylic acids is 1. The quantitative estimate of drug-likeness (QED) is 0.235. The predicted molar refractivity (Wildman–Crippen MR) is 143 cm³/mol. The number of hydrogen-bond donors (Lipinski definition) is 2. The number of rotatable bonds is 6. The molecule has 3 aromatic rings. The molecule has 2 N–H and O–H groups in total. The zero-order valence-corrected chi connectivity index (χ0v) is 23.1. The van der Waals surface area contributed by atoms with Crippen LogP contribution in [0, 0.1) is 18.4 Å². The van der Waals surface area contributed by atoms with E-state index in [9.17, 15) is 4.79 Å². The van der Waals surface area contributed by atoms with Gasteiger partial charge in [-0.25, -0.2) is 9.78 Å². The molecule has 186 valence electrons. The van der Waals surface area contributed by atoms with E-state index in [4.69, 9.17) is 21.1 Å². The molecule has 3 rings (SSSR count). The van der Waals surface area contributed by atoms with Crippen molar-refractivity contribution < 1.29 is 14.3 Å². The number of hydrogen-bond acceptors (Lipinski definition) is 5. The number of pyridine rings is 1. The summed E-state index contributed by atoms with van der Waals surface area (Å²) >= 11 is 6.42. The average Bonchev–Trinajstić information content (AvgIpc) is 3.10. The average molecular weight is 513 g/mol. The molecule has 0 spiro atoms. The van der Waals surface area contributed by atoms with Crippen LogP contribution in [0.1, 0.15) is 32.9 Å². The van der Waals surface area contributed by atoms with Crippen molar-refractivity contribution in [3.8, 4) is 28.3 Å². The van der Waals surface area contributed by atoms with E-state index in [2.05, 4.69) is 51.6 Å². The van der Waals surface area contributed by atoms with Gasteiger partial charge in [0.1, 0.15) is 31.2 Å². The number of alkyl carbamates (subject to hydrolysis) is 1. The normalized spacial score (nSPS) is 12.6. The molecule has 0 saturated heterocycles. The van der Waals surface area contributed by atoms with Gasteiger partial charge in [-0.1, -0.05) is 37.3 Å². The number of ether oxygens (including phenoxy) is 2. The van der Waals surface area contributed by atoms with E-state index >= 15 is 0 Å². The van der Waals surface area contributed by atoms with Crippen LogP contribution < -0.4 is 10.1 Å². The first-order valence-corrected chi connectivity index (χ1v) is 15.4. The molecule has 2 heterocycles. The number of nitrogens with one attached hydrogen (secondary N) is 2. The van der Waals surface area contributed by atoms with E-state index in [1.54, 1.807) is 6.20 Å². The van der Waals surface area contributed by atoms with Gasteiger partial charge in [0.05, 0.1) is 23.4 Å². The Labute approximate surface area is 213 Å². The van der Waals surface area contributed by atoms with E-state index < -0.39 is 19.8 Å². The van der Waals surface area contributed by atoms with Gasteiger partial charge >= 0.3 is 6.09 Å². The molecule has 0 bridgehead atoms. The van der Waals surface area contributed by atoms with Crippen molar-refractivity contribution in [1.82, 2.24) is 20.5 Å². The monoisotopic (exact) mass is 512 g/mol. The highest BCUT2D eigenvalue weighted by Gasteiger charge is 2.20. The topological polar surface area (TPSA) is 89.1 Å². The molecule has 0 fully saturated rings. The summed E-state index contributed by atoms with van der Waals surface area (Å²) in [4.78, 5) is 16.7. The number of benzene rings is 1. The number of aromatic nitrogens is 3. The highest BCUT2D eigenvalue weighted by molar-refractivity contribution is 6.83. The largest absolute Gasteiger partial charge is 0.490 e. The van der Waals surface area contributed by atoms with Crippen LogP contribution in [0.25, 0.3) is 22.0 Å². The Hall–Kier alpha value is -3.02. The molecule has 0 aliphatic heterocycles. The molecule has 9 heteroatoms. The zero-order valence-electron chi connectivity index (χ0n) is 21.4. The maximum Gasteiger partial charge on any atom is 0.408 e. The third-order valence-corrected chi connectivity index (χ3v) is 6.09. The van der Waals surface area contributed by atoms with Crippen molar-refractivity contribution >= 4 is 36.7 Å². The molecule has 2 aromatic heterocycles. The lowest BCUT2D eigenvalue weighted by molar-refractivity contribution is 0.0489. The molecule has 0 aliphatic rings. The van der Waals surface area contributed by atoms with Gasteiger partial charge in [-0.15, -0.1) is 11.5 Å². The van der Waals surface area contributed by atoms with Crippen LogP contribution in [0.4, 0.5) is 4.79 Å². The summed E-state index contributed by atoms with van der Waals surface area (Å²) < 4.78 is 11.4. The highest BCUT2D eigenvalue weighted by Crippen LogP contribution is 2.32. The zero-order chi connectivity index (χ0) is 25.8. The number of carbonyl (C=O) groups is 1. The first kappa shape index (κ1) is 26.6. The summed E-state index contributed by atoms with van der Waals surface area (Å²) in [6.07, 6.45) is 1.53. The minimum atomic E-state index is -1.54. The molecule has 1 atom stereocenters. The fraction of sp³-hybridized carbons (Fsp3) is 0.423. The van der Waals surface area contributed by atoms with E-state index in [1.165, 1.54) is 0 Å². The second kappa shape index (κ2) is 10.7. The Morgan fingerprint density at radius 3 is 2.69 bits per heavy atom. The van der Waals surface area contributed by atoms with Crippen molar-refractivity contribution in [2.45, 2.75) is 65.4 Å². The number of halogens is 1. The summed E-state index contributed by atoms with van der Waals surface area (Å²) in [7, 11) is -1.54. The number of nitrogens with zero attached hydrogens (tertiary/aromatic N) is 2. The lowest BCUT2D eigenvalue weighted by Crippen LogP contribution is -2.42. The number of fused-ring (bicyclic) bond motifs is 1. The first-order chi connectivity index (χ1) is 16.3. The fourth-order valence-corrected chi connectivity index (χ4v) is 4.13. The molecule has 0 saturated carbocycles. The lowest BCUT2D eigenvalue weighted by Gasteiger charge is -2.23. The van der Waals surface area contributed by atoms with E-state index in [0.29, 0.717) is 17.3 Å². The van der Waals surface area contributed by atoms with Crippen molar-refractivity contribution in [3.05, 3.63) is 41.3 Å². The van der Waals surface area contributed by atoms with Crippen LogP contribution >= 0.6 is 11.6 Å². The van der Waals surface area contributed by atoms with Crippen LogP contribution in [0.2, 0.25) is 24.8 Å². The summed E-state index contributed by atoms with van der Waals surface area (Å²) in [5, 5.41) is 11.5. The van der Waals surface area contributed by atoms with Crippen LogP contribution in [0.15, 0.2) is 30.5 Å². The van der Waals surface area contributed by atoms with Crippen molar-refractivity contribution in [1.29, 1.82) is 0 Å². The molecule has 0 aliphatic carbocycles. The van der Waals surface area contributed by atoms with Gasteiger partial charge in [0.15, 0.2) is 0 Å². The predicted octanol–water partition coefficient (Wildman–Crippen LogP) is 6.13. The summed E-state index contributed by atoms with van der Waals surface area (Å²) in [6.45, 7) is 14.2. The Kier molecular flexibility index (Phi) is 8.13. The SMILES string of the molecule is Cc1n[nH]c2ccc(-c3cc(OC[C@H](CC#C[Si](C)(C)C)NC(=O)OC(C)(C)C)cnc3Cl)cc12. The Bertz CT molecular complexity index is 1270. The number of amides is 1. The van der Waals surface area contributed by atoms with Crippen LogP contribution in [0.5, 0.6) is 5.75 Å². The van der Waals surface area contributed by atoms with Crippen molar-refractivity contribution in [2.75, 3.05) is 6.61 Å². The van der Waals surface area contributed by atoms with Crippen LogP contribution in [-0.2, 0) is 4.74 Å². The maximum absolute atomic E-state index is 12.4. The van der Waals surface area contributed by atoms with Crippen LogP contribution in [0.3, 0.4) is 0 Å². The summed E-state index contributed by atoms with van der Waals surface area (Å²) in [6, 6.07) is 7.46. The van der Waals surface area contributed by atoms with Gasteiger partial charge in [-0.05, 0) is 51.5 Å². The standard InChI is InChI=1S/C26H33ClN4O3Si/c1-17-21-13-18(10-11-23(21)31-30-17)22-14-20(15-28-24(22)27)33-16-19(9-8-12-35(5,6)7)29-25(32)34-26(2,3)4/h10-11,13-15,19H,9,16H2,1-7H3,(H,29,32)(H,30,31)/t19-/m0/s1. The van der Waals surface area contributed by atoms with E-state index in [1.807, 2.05) is 52.0 Å². The smallest absolute Gasteiger partial charge is 0.408 e. The van der Waals surface area contributed by atoms with Crippen molar-refractivity contribution in [2.24, 2.45) is 0 Å². The van der Waals surface area contributed by atoms with Gasteiger partial charge < -0.3 is 14.8 Å². The molecule has 7 nitrogen and oxygen atoms in total. The van der Waals surface area contributed by atoms with Gasteiger partial charge in [0, 0.05) is 17.4 Å². The fourth-order valence-electron chi connectivity index (χ4n) is 3.29. The number of H-pyrrole nitrogens is 1. The molecular formula is C26H33ClN4O3Si. The van der Waals surface area contributed by atoms with Crippen molar-refractivity contribution in [3.63, 3.8) is 0 Å². The highest BCUT2D eigenvalue weighted by atomic mass is 35.5. The van der Waals surface area contributed by atoms with Gasteiger partial charge in [-0.3, -0.25) is 5.10 Å². The maximum atomic E-state index is 12.4.